The topological polar surface area (TPSA) is 75.4 Å². The van der Waals surface area contributed by atoms with Crippen LogP contribution in [-0.4, -0.2) is 38.2 Å². The molecule has 4 rings (SSSR count). The molecule has 6 nitrogen and oxygen atoms in total. The van der Waals surface area contributed by atoms with E-state index in [-0.39, 0.29) is 18.9 Å². The first kappa shape index (κ1) is 18.9. The van der Waals surface area contributed by atoms with Crippen molar-refractivity contribution >= 4 is 11.9 Å². The van der Waals surface area contributed by atoms with Crippen LogP contribution in [0.15, 0.2) is 54.6 Å². The van der Waals surface area contributed by atoms with E-state index < -0.39 is 11.9 Å². The monoisotopic (exact) mass is 389 g/mol. The first-order valence-electron chi connectivity index (χ1n) is 9.64. The van der Waals surface area contributed by atoms with Gasteiger partial charge in [0.25, 0.3) is 0 Å². The number of fused-ring (bicyclic) bond motifs is 1. The molecule has 29 heavy (non-hydrogen) atoms. The Morgan fingerprint density at radius 1 is 1.07 bits per heavy atom. The van der Waals surface area contributed by atoms with Gasteiger partial charge in [-0.2, -0.15) is 5.10 Å². The molecule has 148 valence electrons. The molecule has 0 saturated heterocycles. The van der Waals surface area contributed by atoms with Gasteiger partial charge in [-0.05, 0) is 37.1 Å². The number of amides is 1. The normalized spacial score (nSPS) is 15.8. The lowest BCUT2D eigenvalue weighted by Gasteiger charge is -2.33. The molecule has 0 saturated carbocycles. The van der Waals surface area contributed by atoms with Crippen LogP contribution in [0.2, 0.25) is 0 Å². The van der Waals surface area contributed by atoms with Crippen LogP contribution in [-0.2, 0) is 22.6 Å². The van der Waals surface area contributed by atoms with E-state index in [0.29, 0.717) is 6.54 Å². The van der Waals surface area contributed by atoms with Crippen LogP contribution < -0.4 is 0 Å². The minimum absolute atomic E-state index is 0.0791. The van der Waals surface area contributed by atoms with Crippen molar-refractivity contribution in [1.29, 1.82) is 0 Å². The molecule has 1 atom stereocenters. The number of aliphatic carboxylic acids is 1. The van der Waals surface area contributed by atoms with Gasteiger partial charge in [0.1, 0.15) is 0 Å². The van der Waals surface area contributed by atoms with Gasteiger partial charge in [-0.15, -0.1) is 0 Å². The second-order valence-corrected chi connectivity index (χ2v) is 7.44. The highest BCUT2D eigenvalue weighted by molar-refractivity contribution is 5.83. The maximum atomic E-state index is 13.1. The molecule has 2 aromatic carbocycles. The number of carboxylic acids is 1. The van der Waals surface area contributed by atoms with E-state index in [0.717, 1.165) is 33.8 Å². The summed E-state index contributed by atoms with van der Waals surface area (Å²) in [5.74, 6) is -1.68. The van der Waals surface area contributed by atoms with E-state index in [1.165, 1.54) is 0 Å². The minimum atomic E-state index is -0.904. The maximum Gasteiger partial charge on any atom is 0.312 e. The smallest absolute Gasteiger partial charge is 0.312 e. The van der Waals surface area contributed by atoms with E-state index in [9.17, 15) is 14.7 Å². The number of carbonyl (C=O) groups is 2. The summed E-state index contributed by atoms with van der Waals surface area (Å²) in [5, 5.41) is 14.3. The van der Waals surface area contributed by atoms with Gasteiger partial charge < -0.3 is 10.0 Å². The fourth-order valence-corrected chi connectivity index (χ4v) is 4.02. The summed E-state index contributed by atoms with van der Waals surface area (Å²) in [6, 6.07) is 17.3. The van der Waals surface area contributed by atoms with Crippen molar-refractivity contribution in [3.8, 4) is 5.69 Å². The second kappa shape index (κ2) is 7.54. The van der Waals surface area contributed by atoms with Crippen LogP contribution in [0.5, 0.6) is 0 Å². The third-order valence-corrected chi connectivity index (χ3v) is 5.62. The summed E-state index contributed by atoms with van der Waals surface area (Å²) in [6.07, 6.45) is 0.207. The number of carboxylic acid groups (broad SMARTS) is 1. The Labute approximate surface area is 169 Å². The number of rotatable bonds is 4. The third-order valence-electron chi connectivity index (χ3n) is 5.62. The van der Waals surface area contributed by atoms with Crippen molar-refractivity contribution < 1.29 is 14.7 Å². The summed E-state index contributed by atoms with van der Waals surface area (Å²) in [6.45, 7) is 4.49. The summed E-state index contributed by atoms with van der Waals surface area (Å²) >= 11 is 0. The van der Waals surface area contributed by atoms with Crippen molar-refractivity contribution in [3.63, 3.8) is 0 Å². The molecule has 1 amide bonds. The Hall–Kier alpha value is -3.41. The van der Waals surface area contributed by atoms with Crippen LogP contribution >= 0.6 is 0 Å². The number of aryl methyl sites for hydroxylation is 1. The van der Waals surface area contributed by atoms with Crippen molar-refractivity contribution in [3.05, 3.63) is 82.7 Å². The molecule has 1 unspecified atom stereocenters. The molecule has 3 aromatic rings. The van der Waals surface area contributed by atoms with E-state index >= 15 is 0 Å². The lowest BCUT2D eigenvalue weighted by Crippen LogP contribution is -2.41. The Bertz CT molecular complexity index is 1070. The quantitative estimate of drug-likeness (QED) is 0.743. The van der Waals surface area contributed by atoms with Crippen LogP contribution in [0.1, 0.15) is 34.0 Å². The van der Waals surface area contributed by atoms with E-state index in [1.54, 1.807) is 4.90 Å². The Morgan fingerprint density at radius 3 is 2.48 bits per heavy atom. The highest BCUT2D eigenvalue weighted by atomic mass is 16.4. The molecular formula is C23H23N3O3. The lowest BCUT2D eigenvalue weighted by atomic mass is 9.89. The predicted octanol–water partition coefficient (Wildman–Crippen LogP) is 3.24. The number of aromatic nitrogens is 2. The number of benzene rings is 2. The number of carbonyl (C=O) groups excluding carboxylic acids is 1. The van der Waals surface area contributed by atoms with Crippen molar-refractivity contribution in [1.82, 2.24) is 14.7 Å². The van der Waals surface area contributed by atoms with Gasteiger partial charge in [0.15, 0.2) is 0 Å². The Morgan fingerprint density at radius 2 is 1.76 bits per heavy atom. The zero-order valence-electron chi connectivity index (χ0n) is 16.5. The molecule has 1 aliphatic rings. The SMILES string of the molecule is Cc1nn(-c2ccccc2)c(C)c1CC(=O)N1Cc2ccccc2C(C(=O)O)C1. The van der Waals surface area contributed by atoms with Gasteiger partial charge in [0, 0.05) is 24.3 Å². The lowest BCUT2D eigenvalue weighted by molar-refractivity contribution is -0.141. The minimum Gasteiger partial charge on any atom is -0.481 e. The zero-order valence-corrected chi connectivity index (χ0v) is 16.5. The number of hydrogen-bond acceptors (Lipinski definition) is 3. The van der Waals surface area contributed by atoms with Crippen LogP contribution in [0, 0.1) is 13.8 Å². The molecule has 0 fully saturated rings. The zero-order chi connectivity index (χ0) is 20.5. The summed E-state index contributed by atoms with van der Waals surface area (Å²) in [5.41, 5.74) is 5.27. The van der Waals surface area contributed by atoms with Gasteiger partial charge in [-0.3, -0.25) is 9.59 Å². The first-order chi connectivity index (χ1) is 14.0. The van der Waals surface area contributed by atoms with E-state index in [4.69, 9.17) is 0 Å². The molecule has 1 N–H and O–H groups in total. The first-order valence-corrected chi connectivity index (χ1v) is 9.64. The molecule has 1 aliphatic heterocycles. The van der Waals surface area contributed by atoms with Gasteiger partial charge in [0.05, 0.1) is 23.7 Å². The van der Waals surface area contributed by atoms with Crippen LogP contribution in [0.25, 0.3) is 5.69 Å². The highest BCUT2D eigenvalue weighted by Gasteiger charge is 2.32. The second-order valence-electron chi connectivity index (χ2n) is 7.44. The van der Waals surface area contributed by atoms with Crippen molar-refractivity contribution in [2.45, 2.75) is 32.7 Å². The van der Waals surface area contributed by atoms with Crippen LogP contribution in [0.3, 0.4) is 0 Å². The summed E-state index contributed by atoms with van der Waals surface area (Å²) in [7, 11) is 0. The van der Waals surface area contributed by atoms with E-state index in [2.05, 4.69) is 5.10 Å². The summed E-state index contributed by atoms with van der Waals surface area (Å²) < 4.78 is 1.85. The predicted molar refractivity (Wildman–Crippen MR) is 109 cm³/mol. The average Bonchev–Trinajstić information content (AvgIpc) is 3.01. The largest absolute Gasteiger partial charge is 0.481 e. The standard InChI is InChI=1S/C23H23N3O3/c1-15-20(16(2)26(24-15)18-9-4-3-5-10-18)12-22(27)25-13-17-8-6-7-11-19(17)21(14-25)23(28)29/h3-11,21H,12-14H2,1-2H3,(H,28,29). The maximum absolute atomic E-state index is 13.1. The van der Waals surface area contributed by atoms with Gasteiger partial charge in [-0.25, -0.2) is 4.68 Å². The Balaban J connectivity index is 1.59. The molecular weight excluding hydrogens is 366 g/mol. The van der Waals surface area contributed by atoms with Gasteiger partial charge in [0.2, 0.25) is 5.91 Å². The number of para-hydroxylation sites is 1. The summed E-state index contributed by atoms with van der Waals surface area (Å²) in [4.78, 5) is 26.5. The van der Waals surface area contributed by atoms with Crippen molar-refractivity contribution in [2.24, 2.45) is 0 Å². The van der Waals surface area contributed by atoms with Gasteiger partial charge in [-0.1, -0.05) is 42.5 Å². The highest BCUT2D eigenvalue weighted by Crippen LogP contribution is 2.29. The molecule has 0 radical (unpaired) electrons. The molecule has 1 aromatic heterocycles. The van der Waals surface area contributed by atoms with Crippen molar-refractivity contribution in [2.75, 3.05) is 6.54 Å². The number of hydrogen-bond donors (Lipinski definition) is 1. The average molecular weight is 389 g/mol. The third kappa shape index (κ3) is 3.53. The molecule has 2 heterocycles. The molecule has 0 aliphatic carbocycles. The number of nitrogens with zero attached hydrogens (tertiary/aromatic N) is 3. The van der Waals surface area contributed by atoms with Crippen LogP contribution in [0.4, 0.5) is 0 Å². The fraction of sp³-hybridized carbons (Fsp3) is 0.261. The molecule has 6 heteroatoms. The van der Waals surface area contributed by atoms with Gasteiger partial charge >= 0.3 is 5.97 Å². The molecule has 0 spiro atoms. The molecule has 0 bridgehead atoms. The fourth-order valence-electron chi connectivity index (χ4n) is 4.02. The Kier molecular flexibility index (Phi) is 4.92. The van der Waals surface area contributed by atoms with E-state index in [1.807, 2.05) is 73.1 Å².